The molecule has 0 spiro atoms. The highest BCUT2D eigenvalue weighted by Gasteiger charge is 2.45. The van der Waals surface area contributed by atoms with E-state index in [1.54, 1.807) is 0 Å². The van der Waals surface area contributed by atoms with Gasteiger partial charge in [-0.3, -0.25) is 9.88 Å². The van der Waals surface area contributed by atoms with Crippen molar-refractivity contribution in [2.75, 3.05) is 7.05 Å². The molecule has 4 heteroatoms. The van der Waals surface area contributed by atoms with E-state index in [1.165, 1.54) is 46.1 Å². The molecule has 1 aliphatic carbocycles. The number of benzene rings is 1. The molecule has 1 N–H and O–H groups in total. The van der Waals surface area contributed by atoms with Gasteiger partial charge in [-0.25, -0.2) is 0 Å². The van der Waals surface area contributed by atoms with Crippen molar-refractivity contribution in [1.82, 2.24) is 14.5 Å². The lowest BCUT2D eigenvalue weighted by atomic mass is 9.74. The van der Waals surface area contributed by atoms with Crippen molar-refractivity contribution in [2.45, 2.75) is 63.8 Å². The Hall–Kier alpha value is -2.17. The number of hydrogen-bond donors (Lipinski definition) is 1. The van der Waals surface area contributed by atoms with Crippen molar-refractivity contribution >= 4 is 10.9 Å². The lowest BCUT2D eigenvalue weighted by Crippen LogP contribution is -2.43. The molecule has 4 heterocycles. The Morgan fingerprint density at radius 1 is 1.21 bits per heavy atom. The second-order valence-electron chi connectivity index (χ2n) is 9.27. The molecule has 0 saturated carbocycles. The quantitative estimate of drug-likeness (QED) is 0.743. The van der Waals surface area contributed by atoms with E-state index < -0.39 is 5.60 Å². The molecular formula is C24H27N3O. The average molecular weight is 374 g/mol. The van der Waals surface area contributed by atoms with E-state index >= 15 is 0 Å². The maximum atomic E-state index is 11.5. The van der Waals surface area contributed by atoms with E-state index in [1.807, 2.05) is 13.1 Å². The first kappa shape index (κ1) is 16.8. The van der Waals surface area contributed by atoms with Gasteiger partial charge in [0.2, 0.25) is 0 Å². The van der Waals surface area contributed by atoms with Crippen LogP contribution in [0.25, 0.3) is 10.9 Å². The SMILES string of the molecule is Cc1ccc2c(c1)c1c(n2CC2(O)Cc3cnc(C)cc32)CC2CCC1N2C. The van der Waals surface area contributed by atoms with Gasteiger partial charge in [0.15, 0.2) is 0 Å². The zero-order valence-electron chi connectivity index (χ0n) is 16.9. The fourth-order valence-corrected chi connectivity index (χ4v) is 6.02. The van der Waals surface area contributed by atoms with E-state index in [0.717, 1.165) is 17.7 Å². The Morgan fingerprint density at radius 3 is 2.93 bits per heavy atom. The molecule has 2 aromatic heterocycles. The first-order chi connectivity index (χ1) is 13.4. The van der Waals surface area contributed by atoms with E-state index in [9.17, 15) is 5.11 Å². The molecule has 3 aromatic rings. The van der Waals surface area contributed by atoms with Crippen LogP contribution < -0.4 is 0 Å². The average Bonchev–Trinajstić information content (AvgIpc) is 3.06. The standard InChI is InChI=1S/C24H27N3O/c1-14-4-6-20-18(8-14)23-21-7-5-17(26(21)3)10-22(23)27(20)13-24(28)11-16-12-25-15(2)9-19(16)24/h4,6,8-9,12,17,21,28H,5,7,10-11,13H2,1-3H3. The van der Waals surface area contributed by atoms with E-state index in [-0.39, 0.29) is 0 Å². The summed E-state index contributed by atoms with van der Waals surface area (Å²) in [6.45, 7) is 4.82. The first-order valence-electron chi connectivity index (χ1n) is 10.5. The number of likely N-dealkylation sites (N-methyl/N-ethyl adjacent to an activating group) is 1. The van der Waals surface area contributed by atoms with Crippen LogP contribution in [0, 0.1) is 13.8 Å². The van der Waals surface area contributed by atoms with Crippen LogP contribution in [-0.2, 0) is 25.0 Å². The predicted octanol–water partition coefficient (Wildman–Crippen LogP) is 3.79. The molecule has 144 valence electrons. The van der Waals surface area contributed by atoms with Gasteiger partial charge in [0.25, 0.3) is 0 Å². The Morgan fingerprint density at radius 2 is 2.07 bits per heavy atom. The van der Waals surface area contributed by atoms with Gasteiger partial charge in [-0.1, -0.05) is 11.6 Å². The van der Waals surface area contributed by atoms with Gasteiger partial charge >= 0.3 is 0 Å². The number of nitrogens with zero attached hydrogens (tertiary/aromatic N) is 3. The topological polar surface area (TPSA) is 41.3 Å². The molecule has 28 heavy (non-hydrogen) atoms. The van der Waals surface area contributed by atoms with E-state index in [0.29, 0.717) is 25.0 Å². The maximum absolute atomic E-state index is 11.5. The summed E-state index contributed by atoms with van der Waals surface area (Å²) in [6, 6.07) is 10.0. The molecular weight excluding hydrogens is 346 g/mol. The zero-order valence-corrected chi connectivity index (χ0v) is 16.9. The number of aryl methyl sites for hydroxylation is 2. The third-order valence-corrected chi connectivity index (χ3v) is 7.50. The summed E-state index contributed by atoms with van der Waals surface area (Å²) in [4.78, 5) is 6.98. The molecule has 4 nitrogen and oxygen atoms in total. The minimum absolute atomic E-state index is 0.522. The summed E-state index contributed by atoms with van der Waals surface area (Å²) in [5.41, 5.74) is 8.02. The molecule has 3 atom stereocenters. The lowest BCUT2D eigenvalue weighted by Gasteiger charge is -2.41. The Bertz CT molecular complexity index is 1130. The van der Waals surface area contributed by atoms with Crippen LogP contribution in [-0.4, -0.2) is 32.6 Å². The number of rotatable bonds is 2. The van der Waals surface area contributed by atoms with Gasteiger partial charge in [0, 0.05) is 53.4 Å². The zero-order chi connectivity index (χ0) is 19.2. The van der Waals surface area contributed by atoms with E-state index in [4.69, 9.17) is 0 Å². The number of hydrogen-bond acceptors (Lipinski definition) is 3. The van der Waals surface area contributed by atoms with Crippen LogP contribution in [0.1, 0.15) is 52.5 Å². The Kier molecular flexibility index (Phi) is 3.27. The monoisotopic (exact) mass is 373 g/mol. The summed E-state index contributed by atoms with van der Waals surface area (Å²) >= 11 is 0. The third kappa shape index (κ3) is 2.10. The van der Waals surface area contributed by atoms with Gasteiger partial charge in [0.1, 0.15) is 5.60 Å². The van der Waals surface area contributed by atoms with Gasteiger partial charge in [0.05, 0.1) is 6.54 Å². The van der Waals surface area contributed by atoms with E-state index in [2.05, 4.69) is 52.7 Å². The van der Waals surface area contributed by atoms with Crippen LogP contribution in [0.5, 0.6) is 0 Å². The number of aliphatic hydroxyl groups is 1. The smallest absolute Gasteiger partial charge is 0.112 e. The molecule has 1 saturated heterocycles. The maximum Gasteiger partial charge on any atom is 0.112 e. The summed E-state index contributed by atoms with van der Waals surface area (Å²) in [5.74, 6) is 0. The van der Waals surface area contributed by atoms with Crippen LogP contribution in [0.4, 0.5) is 0 Å². The van der Waals surface area contributed by atoms with Crippen molar-refractivity contribution in [3.63, 3.8) is 0 Å². The molecule has 3 unspecified atom stereocenters. The minimum Gasteiger partial charge on any atom is -0.383 e. The second-order valence-corrected chi connectivity index (χ2v) is 9.27. The summed E-state index contributed by atoms with van der Waals surface area (Å²) in [7, 11) is 2.29. The van der Waals surface area contributed by atoms with Gasteiger partial charge in [-0.05, 0) is 68.6 Å². The fourth-order valence-electron chi connectivity index (χ4n) is 6.02. The molecule has 2 aliphatic heterocycles. The first-order valence-corrected chi connectivity index (χ1v) is 10.5. The van der Waals surface area contributed by atoms with Crippen LogP contribution in [0.3, 0.4) is 0 Å². The van der Waals surface area contributed by atoms with Crippen LogP contribution in [0.15, 0.2) is 30.5 Å². The molecule has 1 aromatic carbocycles. The second kappa shape index (κ2) is 5.46. The Labute approximate surface area is 165 Å². The van der Waals surface area contributed by atoms with Crippen molar-refractivity contribution in [3.05, 3.63) is 64.1 Å². The molecule has 0 amide bonds. The number of pyridine rings is 1. The van der Waals surface area contributed by atoms with Gasteiger partial charge < -0.3 is 9.67 Å². The van der Waals surface area contributed by atoms with Crippen molar-refractivity contribution < 1.29 is 5.11 Å². The summed E-state index contributed by atoms with van der Waals surface area (Å²) < 4.78 is 2.45. The predicted molar refractivity (Wildman–Crippen MR) is 110 cm³/mol. The number of aromatic nitrogens is 2. The van der Waals surface area contributed by atoms with Crippen molar-refractivity contribution in [2.24, 2.45) is 0 Å². The van der Waals surface area contributed by atoms with Crippen molar-refractivity contribution in [1.29, 1.82) is 0 Å². The number of fused-ring (bicyclic) bond motifs is 7. The minimum atomic E-state index is -0.782. The van der Waals surface area contributed by atoms with Crippen LogP contribution >= 0.6 is 0 Å². The highest BCUT2D eigenvalue weighted by atomic mass is 16.3. The molecule has 3 aliphatic rings. The summed E-state index contributed by atoms with van der Waals surface area (Å²) in [5, 5.41) is 12.9. The summed E-state index contributed by atoms with van der Waals surface area (Å²) in [6.07, 6.45) is 6.25. The molecule has 6 rings (SSSR count). The molecule has 1 fully saturated rings. The lowest BCUT2D eigenvalue weighted by molar-refractivity contribution is -0.00504. The fraction of sp³-hybridized carbons (Fsp3) is 0.458. The van der Waals surface area contributed by atoms with Gasteiger partial charge in [-0.2, -0.15) is 0 Å². The molecule has 0 radical (unpaired) electrons. The van der Waals surface area contributed by atoms with Gasteiger partial charge in [-0.15, -0.1) is 0 Å². The largest absolute Gasteiger partial charge is 0.383 e. The Balaban J connectivity index is 1.52. The third-order valence-electron chi connectivity index (χ3n) is 7.50. The highest BCUT2D eigenvalue weighted by molar-refractivity contribution is 5.87. The molecule has 2 bridgehead atoms. The van der Waals surface area contributed by atoms with Crippen molar-refractivity contribution in [3.8, 4) is 0 Å². The highest BCUT2D eigenvalue weighted by Crippen LogP contribution is 2.48. The van der Waals surface area contributed by atoms with Crippen LogP contribution in [0.2, 0.25) is 0 Å². The normalized spacial score (nSPS) is 28.3.